The highest BCUT2D eigenvalue weighted by atomic mass is 16.5. The molecule has 0 bridgehead atoms. The molecule has 2 aromatic rings. The predicted octanol–water partition coefficient (Wildman–Crippen LogP) is 3.28. The van der Waals surface area contributed by atoms with Crippen LogP contribution in [-0.4, -0.2) is 45.3 Å². The fraction of sp³-hybridized carbons (Fsp3) is 0.417. The molecular formula is C24H34N4O3. The molecule has 0 saturated heterocycles. The number of ether oxygens (including phenoxy) is 2. The highest BCUT2D eigenvalue weighted by Crippen LogP contribution is 2.20. The molecule has 0 aliphatic rings. The van der Waals surface area contributed by atoms with Crippen LogP contribution in [0.4, 0.5) is 5.69 Å². The molecule has 7 nitrogen and oxygen atoms in total. The second-order valence-corrected chi connectivity index (χ2v) is 7.04. The Bertz CT molecular complexity index is 868. The van der Waals surface area contributed by atoms with Crippen molar-refractivity contribution in [2.75, 3.05) is 38.7 Å². The molecule has 1 amide bonds. The van der Waals surface area contributed by atoms with Crippen molar-refractivity contribution in [1.29, 1.82) is 0 Å². The lowest BCUT2D eigenvalue weighted by atomic mass is 10.1. The largest absolute Gasteiger partial charge is 0.491 e. The van der Waals surface area contributed by atoms with Crippen LogP contribution in [-0.2, 0) is 22.5 Å². The second kappa shape index (κ2) is 13.3. The van der Waals surface area contributed by atoms with Crippen LogP contribution in [0.2, 0.25) is 0 Å². The molecule has 3 N–H and O–H groups in total. The average molecular weight is 427 g/mol. The molecule has 168 valence electrons. The van der Waals surface area contributed by atoms with Crippen LogP contribution in [0.5, 0.6) is 5.75 Å². The molecule has 0 aliphatic carbocycles. The van der Waals surface area contributed by atoms with Crippen molar-refractivity contribution in [3.05, 3.63) is 59.2 Å². The number of nitrogens with zero attached hydrogens (tertiary/aromatic N) is 1. The summed E-state index contributed by atoms with van der Waals surface area (Å²) >= 11 is 0. The van der Waals surface area contributed by atoms with Crippen molar-refractivity contribution in [3.63, 3.8) is 0 Å². The van der Waals surface area contributed by atoms with Gasteiger partial charge < -0.3 is 25.4 Å². The number of benzene rings is 2. The fourth-order valence-electron chi connectivity index (χ4n) is 2.93. The summed E-state index contributed by atoms with van der Waals surface area (Å²) in [6.45, 7) is 8.43. The molecule has 0 radical (unpaired) electrons. The first-order valence-electron chi connectivity index (χ1n) is 10.7. The molecular weight excluding hydrogens is 392 g/mol. The first kappa shape index (κ1) is 24.2. The Morgan fingerprint density at radius 1 is 1.06 bits per heavy atom. The number of carbonyl (C=O) groups excluding carboxylic acids is 1. The van der Waals surface area contributed by atoms with E-state index >= 15 is 0 Å². The maximum absolute atomic E-state index is 12.3. The van der Waals surface area contributed by atoms with Gasteiger partial charge in [0.25, 0.3) is 0 Å². The van der Waals surface area contributed by atoms with Crippen LogP contribution in [0.25, 0.3) is 0 Å². The van der Waals surface area contributed by atoms with Crippen molar-refractivity contribution in [2.24, 2.45) is 4.99 Å². The summed E-state index contributed by atoms with van der Waals surface area (Å²) in [7, 11) is 1.67. The van der Waals surface area contributed by atoms with Crippen LogP contribution in [0.3, 0.4) is 0 Å². The van der Waals surface area contributed by atoms with E-state index in [0.717, 1.165) is 29.0 Å². The van der Waals surface area contributed by atoms with Gasteiger partial charge in [-0.25, -0.2) is 0 Å². The summed E-state index contributed by atoms with van der Waals surface area (Å²) in [5, 5.41) is 9.18. The highest BCUT2D eigenvalue weighted by molar-refractivity contribution is 5.95. The average Bonchev–Trinajstić information content (AvgIpc) is 2.78. The van der Waals surface area contributed by atoms with Crippen LogP contribution in [0, 0.1) is 6.92 Å². The molecule has 0 spiro atoms. The van der Waals surface area contributed by atoms with Gasteiger partial charge in [-0.2, -0.15) is 0 Å². The number of guanidine groups is 1. The van der Waals surface area contributed by atoms with Gasteiger partial charge in [0.05, 0.1) is 13.2 Å². The molecule has 2 rings (SSSR count). The Labute approximate surface area is 185 Å². The van der Waals surface area contributed by atoms with Gasteiger partial charge in [-0.05, 0) is 49.6 Å². The molecule has 7 heteroatoms. The topological polar surface area (TPSA) is 84.0 Å². The van der Waals surface area contributed by atoms with E-state index in [1.165, 1.54) is 5.56 Å². The van der Waals surface area contributed by atoms with E-state index in [0.29, 0.717) is 32.3 Å². The lowest BCUT2D eigenvalue weighted by Crippen LogP contribution is -2.41. The van der Waals surface area contributed by atoms with Gasteiger partial charge in [0, 0.05) is 31.5 Å². The molecule has 0 aliphatic heterocycles. The molecule has 0 unspecified atom stereocenters. The number of nitrogens with one attached hydrogen (secondary N) is 3. The number of amides is 1. The first-order chi connectivity index (χ1) is 15.0. The van der Waals surface area contributed by atoms with Crippen molar-refractivity contribution in [1.82, 2.24) is 10.6 Å². The third kappa shape index (κ3) is 8.68. The zero-order valence-corrected chi connectivity index (χ0v) is 19.0. The first-order valence-corrected chi connectivity index (χ1v) is 10.7. The molecule has 0 fully saturated rings. The molecule has 0 atom stereocenters. The maximum atomic E-state index is 12.3. The molecule has 31 heavy (non-hydrogen) atoms. The van der Waals surface area contributed by atoms with Crippen LogP contribution < -0.4 is 20.7 Å². The normalized spacial score (nSPS) is 11.2. The number of hydrogen-bond acceptors (Lipinski definition) is 4. The molecule has 0 saturated carbocycles. The lowest BCUT2D eigenvalue weighted by Gasteiger charge is -2.15. The third-order valence-corrected chi connectivity index (χ3v) is 4.62. The Hall–Kier alpha value is -3.06. The number of anilines is 1. The van der Waals surface area contributed by atoms with E-state index in [4.69, 9.17) is 9.47 Å². The van der Waals surface area contributed by atoms with Crippen molar-refractivity contribution in [2.45, 2.75) is 33.7 Å². The monoisotopic (exact) mass is 426 g/mol. The Morgan fingerprint density at radius 2 is 1.90 bits per heavy atom. The SMILES string of the molecule is CCOCCOc1cc(C)ccc1CNC(=NC)NCC(=O)Nc1cccc(CC)c1. The van der Waals surface area contributed by atoms with Crippen LogP contribution in [0.15, 0.2) is 47.5 Å². The minimum Gasteiger partial charge on any atom is -0.491 e. The maximum Gasteiger partial charge on any atom is 0.243 e. The molecule has 0 heterocycles. The minimum absolute atomic E-state index is 0.113. The van der Waals surface area contributed by atoms with Gasteiger partial charge in [0.2, 0.25) is 5.91 Å². The van der Waals surface area contributed by atoms with E-state index in [-0.39, 0.29) is 12.5 Å². The summed E-state index contributed by atoms with van der Waals surface area (Å²) in [4.78, 5) is 16.5. The van der Waals surface area contributed by atoms with Gasteiger partial charge in [0.1, 0.15) is 12.4 Å². The number of carbonyl (C=O) groups is 1. The number of aryl methyl sites for hydroxylation is 2. The summed E-state index contributed by atoms with van der Waals surface area (Å²) < 4.78 is 11.2. The number of rotatable bonds is 11. The van der Waals surface area contributed by atoms with Crippen molar-refractivity contribution >= 4 is 17.6 Å². The van der Waals surface area contributed by atoms with Gasteiger partial charge in [-0.15, -0.1) is 0 Å². The Kier molecular flexibility index (Phi) is 10.4. The summed E-state index contributed by atoms with van der Waals surface area (Å²) in [5.41, 5.74) is 4.11. The smallest absolute Gasteiger partial charge is 0.243 e. The van der Waals surface area contributed by atoms with E-state index < -0.39 is 0 Å². The Balaban J connectivity index is 1.85. The van der Waals surface area contributed by atoms with Crippen LogP contribution >= 0.6 is 0 Å². The quantitative estimate of drug-likeness (QED) is 0.292. The van der Waals surface area contributed by atoms with Gasteiger partial charge >= 0.3 is 0 Å². The lowest BCUT2D eigenvalue weighted by molar-refractivity contribution is -0.115. The fourth-order valence-corrected chi connectivity index (χ4v) is 2.93. The van der Waals surface area contributed by atoms with Crippen LogP contribution in [0.1, 0.15) is 30.5 Å². The van der Waals surface area contributed by atoms with E-state index in [2.05, 4.69) is 27.9 Å². The zero-order valence-electron chi connectivity index (χ0n) is 19.0. The number of hydrogen-bond donors (Lipinski definition) is 3. The minimum atomic E-state index is -0.133. The third-order valence-electron chi connectivity index (χ3n) is 4.62. The standard InChI is InChI=1S/C24H34N4O3/c1-5-19-8-7-9-21(15-19)28-23(29)17-27-24(25-4)26-16-20-11-10-18(3)14-22(20)31-13-12-30-6-2/h7-11,14-15H,5-6,12-13,16-17H2,1-4H3,(H,28,29)(H2,25,26,27). The zero-order chi connectivity index (χ0) is 22.5. The summed E-state index contributed by atoms with van der Waals surface area (Å²) in [6.07, 6.45) is 0.925. The van der Waals surface area contributed by atoms with Crippen molar-refractivity contribution < 1.29 is 14.3 Å². The highest BCUT2D eigenvalue weighted by Gasteiger charge is 2.08. The molecule has 0 aromatic heterocycles. The van der Waals surface area contributed by atoms with Gasteiger partial charge in [0.15, 0.2) is 5.96 Å². The molecule has 2 aromatic carbocycles. The summed E-state index contributed by atoms with van der Waals surface area (Å²) in [6, 6.07) is 13.9. The predicted molar refractivity (Wildman–Crippen MR) is 126 cm³/mol. The van der Waals surface area contributed by atoms with E-state index in [1.807, 2.05) is 56.3 Å². The van der Waals surface area contributed by atoms with E-state index in [9.17, 15) is 4.79 Å². The van der Waals surface area contributed by atoms with E-state index in [1.54, 1.807) is 7.05 Å². The van der Waals surface area contributed by atoms with Gasteiger partial charge in [-0.1, -0.05) is 31.2 Å². The Morgan fingerprint density at radius 3 is 2.65 bits per heavy atom. The summed E-state index contributed by atoms with van der Waals surface area (Å²) in [5.74, 6) is 1.22. The van der Waals surface area contributed by atoms with Gasteiger partial charge in [-0.3, -0.25) is 9.79 Å². The number of aliphatic imine (C=N–C) groups is 1. The van der Waals surface area contributed by atoms with Crippen molar-refractivity contribution in [3.8, 4) is 5.75 Å². The second-order valence-electron chi connectivity index (χ2n) is 7.04.